The molecule has 0 unspecified atom stereocenters. The fraction of sp³-hybridized carbons (Fsp3) is 0.529. The van der Waals surface area contributed by atoms with Gasteiger partial charge >= 0.3 is 0 Å². The zero-order chi connectivity index (χ0) is 18.4. The van der Waals surface area contributed by atoms with Crippen molar-refractivity contribution in [3.63, 3.8) is 0 Å². The lowest BCUT2D eigenvalue weighted by Crippen LogP contribution is -2.60. The van der Waals surface area contributed by atoms with E-state index in [2.05, 4.69) is 15.6 Å². The Balaban J connectivity index is 1.67. The van der Waals surface area contributed by atoms with Crippen LogP contribution in [0.2, 0.25) is 0 Å². The Hall–Kier alpha value is -2.26. The van der Waals surface area contributed by atoms with Crippen LogP contribution >= 0.6 is 11.3 Å². The van der Waals surface area contributed by atoms with Crippen LogP contribution in [0.25, 0.3) is 4.96 Å². The lowest BCUT2D eigenvalue weighted by molar-refractivity contribution is -0.126. The molecule has 1 saturated carbocycles. The van der Waals surface area contributed by atoms with Gasteiger partial charge in [-0.3, -0.25) is 18.8 Å². The highest BCUT2D eigenvalue weighted by molar-refractivity contribution is 7.17. The number of hydrogen-bond acceptors (Lipinski definition) is 6. The number of thiazole rings is 1. The molecule has 0 radical (unpaired) electrons. The van der Waals surface area contributed by atoms with Gasteiger partial charge in [-0.2, -0.15) is 0 Å². The van der Waals surface area contributed by atoms with Crippen molar-refractivity contribution in [2.24, 2.45) is 0 Å². The summed E-state index contributed by atoms with van der Waals surface area (Å²) >= 11 is 1.42. The van der Waals surface area contributed by atoms with Crippen molar-refractivity contribution in [2.45, 2.75) is 38.8 Å². The Labute approximate surface area is 154 Å². The zero-order valence-corrected chi connectivity index (χ0v) is 15.6. The van der Waals surface area contributed by atoms with Crippen molar-refractivity contribution >= 4 is 28.1 Å². The predicted octanol–water partition coefficient (Wildman–Crippen LogP) is 0.0654. The summed E-state index contributed by atoms with van der Waals surface area (Å²) < 4.78 is 1.48. The van der Waals surface area contributed by atoms with E-state index in [1.165, 1.54) is 26.8 Å². The van der Waals surface area contributed by atoms with Gasteiger partial charge in [0.05, 0.1) is 0 Å². The molecule has 4 rings (SSSR count). The predicted molar refractivity (Wildman–Crippen MR) is 97.7 cm³/mol. The molecule has 2 amide bonds. The van der Waals surface area contributed by atoms with E-state index in [1.54, 1.807) is 0 Å². The summed E-state index contributed by atoms with van der Waals surface area (Å²) in [7, 11) is 0. The number of piperazine rings is 1. The van der Waals surface area contributed by atoms with Crippen molar-refractivity contribution in [2.75, 3.05) is 19.6 Å². The van der Waals surface area contributed by atoms with Crippen LogP contribution in [0.5, 0.6) is 0 Å². The normalized spacial score (nSPS) is 20.4. The van der Waals surface area contributed by atoms with E-state index in [0.717, 1.165) is 23.4 Å². The summed E-state index contributed by atoms with van der Waals surface area (Å²) in [6.07, 6.45) is 3.31. The van der Waals surface area contributed by atoms with Crippen LogP contribution in [-0.2, 0) is 4.79 Å². The van der Waals surface area contributed by atoms with Gasteiger partial charge in [-0.1, -0.05) is 0 Å². The van der Waals surface area contributed by atoms with Crippen molar-refractivity contribution in [1.29, 1.82) is 0 Å². The van der Waals surface area contributed by atoms with Gasteiger partial charge in [0.25, 0.3) is 11.5 Å². The van der Waals surface area contributed by atoms with Crippen LogP contribution in [0.4, 0.5) is 0 Å². The lowest BCUT2D eigenvalue weighted by Gasteiger charge is -2.35. The Bertz CT molecular complexity index is 946. The minimum atomic E-state index is -0.609. The molecule has 2 fully saturated rings. The monoisotopic (exact) mass is 375 g/mol. The number of fused-ring (bicyclic) bond motifs is 1. The SMILES string of the molecule is Cc1sc2ncc(C(=O)N3CCNC[C@@H]3C(=O)NC3CC3)c(=O)n2c1C. The Kier molecular flexibility index (Phi) is 4.28. The fourth-order valence-corrected chi connectivity index (χ4v) is 4.11. The molecule has 1 aliphatic heterocycles. The zero-order valence-electron chi connectivity index (χ0n) is 14.7. The molecule has 0 spiro atoms. The first-order valence-electron chi connectivity index (χ1n) is 8.77. The molecule has 3 heterocycles. The van der Waals surface area contributed by atoms with Gasteiger partial charge in [0.1, 0.15) is 11.6 Å². The van der Waals surface area contributed by atoms with Crippen LogP contribution < -0.4 is 16.2 Å². The summed E-state index contributed by atoms with van der Waals surface area (Å²) in [6.45, 7) is 5.12. The molecule has 9 heteroatoms. The molecule has 1 saturated heterocycles. The number of nitrogens with one attached hydrogen (secondary N) is 2. The average molecular weight is 375 g/mol. The number of aromatic nitrogens is 2. The summed E-state index contributed by atoms with van der Waals surface area (Å²) in [6, 6.07) is -0.385. The second-order valence-electron chi connectivity index (χ2n) is 6.84. The highest BCUT2D eigenvalue weighted by Crippen LogP contribution is 2.20. The van der Waals surface area contributed by atoms with Crippen LogP contribution in [0, 0.1) is 13.8 Å². The summed E-state index contributed by atoms with van der Waals surface area (Å²) in [5, 5.41) is 6.10. The van der Waals surface area contributed by atoms with E-state index in [-0.39, 0.29) is 23.1 Å². The minimum absolute atomic E-state index is 0.00882. The largest absolute Gasteiger partial charge is 0.352 e. The maximum absolute atomic E-state index is 13.1. The van der Waals surface area contributed by atoms with E-state index in [9.17, 15) is 14.4 Å². The van der Waals surface area contributed by atoms with Crippen LogP contribution in [0.15, 0.2) is 11.0 Å². The first kappa shape index (κ1) is 17.2. The van der Waals surface area contributed by atoms with E-state index in [4.69, 9.17) is 0 Å². The maximum Gasteiger partial charge on any atom is 0.271 e. The quantitative estimate of drug-likeness (QED) is 0.791. The number of aryl methyl sites for hydroxylation is 2. The molecular formula is C17H21N5O3S. The fourth-order valence-electron chi connectivity index (χ4n) is 3.18. The third kappa shape index (κ3) is 2.90. The molecule has 2 aromatic heterocycles. The number of rotatable bonds is 3. The number of nitrogens with zero attached hydrogens (tertiary/aromatic N) is 3. The molecule has 2 N–H and O–H groups in total. The summed E-state index contributed by atoms with van der Waals surface area (Å²) in [5.41, 5.74) is 0.428. The van der Waals surface area contributed by atoms with Gasteiger partial charge in [0.15, 0.2) is 4.96 Å². The summed E-state index contributed by atoms with van der Waals surface area (Å²) in [4.78, 5) is 45.8. The molecule has 1 atom stereocenters. The van der Waals surface area contributed by atoms with Gasteiger partial charge in [0, 0.05) is 42.4 Å². The van der Waals surface area contributed by atoms with Crippen molar-refractivity contribution in [3.05, 3.63) is 32.7 Å². The van der Waals surface area contributed by atoms with Crippen molar-refractivity contribution in [3.8, 4) is 0 Å². The molecule has 0 bridgehead atoms. The second-order valence-corrected chi connectivity index (χ2v) is 8.02. The van der Waals surface area contributed by atoms with Gasteiger partial charge in [0.2, 0.25) is 5.91 Å². The smallest absolute Gasteiger partial charge is 0.271 e. The standard InChI is InChI=1S/C17H21N5O3S/c1-9-10(2)26-17-19-7-12(16(25)22(9)17)15(24)21-6-5-18-8-13(21)14(23)20-11-3-4-11/h7,11,13,18H,3-6,8H2,1-2H3,(H,20,23)/t13-/m1/s1. The lowest BCUT2D eigenvalue weighted by atomic mass is 10.1. The van der Waals surface area contributed by atoms with E-state index < -0.39 is 11.9 Å². The van der Waals surface area contributed by atoms with Gasteiger partial charge in [-0.05, 0) is 26.7 Å². The first-order valence-corrected chi connectivity index (χ1v) is 9.59. The van der Waals surface area contributed by atoms with E-state index in [0.29, 0.717) is 24.6 Å². The van der Waals surface area contributed by atoms with Crippen molar-refractivity contribution < 1.29 is 9.59 Å². The third-order valence-corrected chi connectivity index (χ3v) is 6.05. The van der Waals surface area contributed by atoms with Crippen LogP contribution in [-0.4, -0.2) is 57.8 Å². The molecule has 26 heavy (non-hydrogen) atoms. The number of carbonyl (C=O) groups is 2. The Morgan fingerprint density at radius 2 is 2.12 bits per heavy atom. The molecule has 1 aliphatic carbocycles. The van der Waals surface area contributed by atoms with Gasteiger partial charge in [-0.15, -0.1) is 11.3 Å². The Morgan fingerprint density at radius 1 is 1.35 bits per heavy atom. The molecule has 2 aliphatic rings. The average Bonchev–Trinajstić information content (AvgIpc) is 3.39. The topological polar surface area (TPSA) is 95.8 Å². The number of hydrogen-bond donors (Lipinski definition) is 2. The van der Waals surface area contributed by atoms with Gasteiger partial charge in [-0.25, -0.2) is 4.98 Å². The molecule has 2 aromatic rings. The number of amides is 2. The maximum atomic E-state index is 13.1. The minimum Gasteiger partial charge on any atom is -0.352 e. The molecule has 138 valence electrons. The number of carbonyl (C=O) groups excluding carboxylic acids is 2. The second kappa shape index (κ2) is 6.48. The van der Waals surface area contributed by atoms with E-state index in [1.807, 2.05) is 13.8 Å². The van der Waals surface area contributed by atoms with Gasteiger partial charge < -0.3 is 15.5 Å². The highest BCUT2D eigenvalue weighted by Gasteiger charge is 2.36. The van der Waals surface area contributed by atoms with Crippen LogP contribution in [0.3, 0.4) is 0 Å². The van der Waals surface area contributed by atoms with E-state index >= 15 is 0 Å². The molecule has 8 nitrogen and oxygen atoms in total. The third-order valence-electron chi connectivity index (χ3n) is 4.98. The van der Waals surface area contributed by atoms with Crippen LogP contribution in [0.1, 0.15) is 33.8 Å². The first-order chi connectivity index (χ1) is 12.5. The van der Waals surface area contributed by atoms with Crippen molar-refractivity contribution in [1.82, 2.24) is 24.9 Å². The molecular weight excluding hydrogens is 354 g/mol. The highest BCUT2D eigenvalue weighted by atomic mass is 32.1. The summed E-state index contributed by atoms with van der Waals surface area (Å²) in [5.74, 6) is -0.595. The Morgan fingerprint density at radius 3 is 2.85 bits per heavy atom. The molecule has 0 aromatic carbocycles.